The summed E-state index contributed by atoms with van der Waals surface area (Å²) in [5.74, 6) is 0.717. The summed E-state index contributed by atoms with van der Waals surface area (Å²) in [5, 5.41) is 6.10. The van der Waals surface area contributed by atoms with Crippen LogP contribution in [0, 0.1) is 5.92 Å². The van der Waals surface area contributed by atoms with Crippen LogP contribution in [0.25, 0.3) is 0 Å². The lowest BCUT2D eigenvalue weighted by atomic mass is 10.0. The average molecular weight is 170 g/mol. The zero-order valence-electron chi connectivity index (χ0n) is 7.89. The molecule has 0 spiro atoms. The third kappa shape index (κ3) is 2.81. The van der Waals surface area contributed by atoms with Gasteiger partial charge >= 0.3 is 0 Å². The monoisotopic (exact) mass is 170 g/mol. The fourth-order valence-electron chi connectivity index (χ4n) is 1.14. The lowest BCUT2D eigenvalue weighted by Gasteiger charge is -2.28. The summed E-state index contributed by atoms with van der Waals surface area (Å²) in [4.78, 5) is 11.3. The van der Waals surface area contributed by atoms with Crippen molar-refractivity contribution in [2.45, 2.75) is 32.7 Å². The van der Waals surface area contributed by atoms with E-state index < -0.39 is 0 Å². The molecule has 0 aliphatic carbocycles. The van der Waals surface area contributed by atoms with Gasteiger partial charge in [-0.3, -0.25) is 4.79 Å². The van der Waals surface area contributed by atoms with Gasteiger partial charge in [0.1, 0.15) is 0 Å². The van der Waals surface area contributed by atoms with Crippen LogP contribution < -0.4 is 10.6 Å². The first kappa shape index (κ1) is 9.52. The zero-order chi connectivity index (χ0) is 8.97. The maximum Gasteiger partial charge on any atom is 0.220 e. The Morgan fingerprint density at radius 2 is 2.33 bits per heavy atom. The molecule has 1 heterocycles. The molecule has 70 valence electrons. The molecule has 1 rings (SSSR count). The fraction of sp³-hybridized carbons (Fsp3) is 0.889. The van der Waals surface area contributed by atoms with Crippen molar-refractivity contribution < 1.29 is 4.79 Å². The van der Waals surface area contributed by atoms with Crippen LogP contribution in [0.4, 0.5) is 0 Å². The summed E-state index contributed by atoms with van der Waals surface area (Å²) < 4.78 is 0. The van der Waals surface area contributed by atoms with Crippen LogP contribution in [0.5, 0.6) is 0 Å². The van der Waals surface area contributed by atoms with Gasteiger partial charge in [-0.25, -0.2) is 0 Å². The lowest BCUT2D eigenvalue weighted by Crippen LogP contribution is -2.57. The van der Waals surface area contributed by atoms with Crippen molar-refractivity contribution in [3.8, 4) is 0 Å². The Hall–Kier alpha value is -0.570. The summed E-state index contributed by atoms with van der Waals surface area (Å²) >= 11 is 0. The van der Waals surface area contributed by atoms with Crippen molar-refractivity contribution in [1.29, 1.82) is 0 Å². The molecule has 1 saturated heterocycles. The minimum atomic E-state index is 0.204. The van der Waals surface area contributed by atoms with E-state index in [2.05, 4.69) is 24.5 Å². The second-order valence-corrected chi connectivity index (χ2v) is 3.64. The fourth-order valence-corrected chi connectivity index (χ4v) is 1.14. The number of carbonyl (C=O) groups is 1. The van der Waals surface area contributed by atoms with Crippen LogP contribution in [0.1, 0.15) is 26.7 Å². The first-order valence-electron chi connectivity index (χ1n) is 4.72. The van der Waals surface area contributed by atoms with Gasteiger partial charge in [0.05, 0.1) is 6.04 Å². The van der Waals surface area contributed by atoms with Crippen LogP contribution >= 0.6 is 0 Å². The molecule has 0 bridgehead atoms. The Bertz CT molecular complexity index is 146. The molecular formula is C9H18N2O. The van der Waals surface area contributed by atoms with E-state index in [9.17, 15) is 4.79 Å². The summed E-state index contributed by atoms with van der Waals surface area (Å²) in [6.45, 7) is 6.10. The number of carbonyl (C=O) groups excluding carboxylic acids is 1. The summed E-state index contributed by atoms with van der Waals surface area (Å²) in [5.41, 5.74) is 0. The first-order valence-corrected chi connectivity index (χ1v) is 4.72. The molecule has 1 fully saturated rings. The Labute approximate surface area is 73.9 Å². The Kier molecular flexibility index (Phi) is 3.53. The van der Waals surface area contributed by atoms with Gasteiger partial charge < -0.3 is 10.6 Å². The van der Waals surface area contributed by atoms with Gasteiger partial charge in [-0.15, -0.1) is 0 Å². The van der Waals surface area contributed by atoms with Gasteiger partial charge in [-0.1, -0.05) is 20.3 Å². The largest absolute Gasteiger partial charge is 0.351 e. The van der Waals surface area contributed by atoms with Crippen LogP contribution in [-0.2, 0) is 4.79 Å². The molecule has 3 nitrogen and oxygen atoms in total. The molecule has 3 heteroatoms. The van der Waals surface area contributed by atoms with Gasteiger partial charge in [0.15, 0.2) is 0 Å². The van der Waals surface area contributed by atoms with Crippen molar-refractivity contribution in [1.82, 2.24) is 10.6 Å². The maximum absolute atomic E-state index is 11.3. The van der Waals surface area contributed by atoms with E-state index in [1.54, 1.807) is 0 Å². The van der Waals surface area contributed by atoms with Crippen molar-refractivity contribution in [3.63, 3.8) is 0 Å². The molecule has 1 aliphatic rings. The molecule has 0 radical (unpaired) electrons. The van der Waals surface area contributed by atoms with E-state index in [0.717, 1.165) is 19.5 Å². The van der Waals surface area contributed by atoms with E-state index in [-0.39, 0.29) is 5.91 Å². The maximum atomic E-state index is 11.3. The van der Waals surface area contributed by atoms with E-state index in [0.29, 0.717) is 18.4 Å². The molecule has 0 saturated carbocycles. The molecule has 0 aromatic carbocycles. The topological polar surface area (TPSA) is 41.1 Å². The standard InChI is InChI=1S/C9H18N2O/c1-3-7(2)4-9(12)11-8-5-10-6-8/h7-8,10H,3-6H2,1-2H3,(H,11,12). The normalized spacial score (nSPS) is 19.8. The Morgan fingerprint density at radius 1 is 1.67 bits per heavy atom. The minimum absolute atomic E-state index is 0.204. The number of hydrogen-bond donors (Lipinski definition) is 2. The highest BCUT2D eigenvalue weighted by atomic mass is 16.1. The van der Waals surface area contributed by atoms with Crippen LogP contribution in [0.3, 0.4) is 0 Å². The van der Waals surface area contributed by atoms with Gasteiger partial charge in [-0.05, 0) is 5.92 Å². The zero-order valence-corrected chi connectivity index (χ0v) is 7.89. The van der Waals surface area contributed by atoms with Gasteiger partial charge in [-0.2, -0.15) is 0 Å². The number of nitrogens with one attached hydrogen (secondary N) is 2. The molecule has 0 aromatic rings. The van der Waals surface area contributed by atoms with E-state index in [1.165, 1.54) is 0 Å². The van der Waals surface area contributed by atoms with Gasteiger partial charge in [0, 0.05) is 19.5 Å². The predicted octanol–water partition coefficient (Wildman–Crippen LogP) is 0.511. The summed E-state index contributed by atoms with van der Waals surface area (Å²) in [7, 11) is 0. The quantitative estimate of drug-likeness (QED) is 0.645. The highest BCUT2D eigenvalue weighted by Crippen LogP contribution is 2.06. The van der Waals surface area contributed by atoms with Crippen molar-refractivity contribution >= 4 is 5.91 Å². The minimum Gasteiger partial charge on any atom is -0.351 e. The highest BCUT2D eigenvalue weighted by Gasteiger charge is 2.19. The first-order chi connectivity index (χ1) is 5.72. The molecule has 1 amide bonds. The third-order valence-corrected chi connectivity index (χ3v) is 2.38. The molecule has 2 N–H and O–H groups in total. The average Bonchev–Trinajstić information content (AvgIpc) is 1.97. The van der Waals surface area contributed by atoms with E-state index in [1.807, 2.05) is 0 Å². The lowest BCUT2D eigenvalue weighted by molar-refractivity contribution is -0.122. The van der Waals surface area contributed by atoms with Crippen LogP contribution in [0.2, 0.25) is 0 Å². The molecule has 0 aromatic heterocycles. The van der Waals surface area contributed by atoms with Crippen molar-refractivity contribution in [3.05, 3.63) is 0 Å². The van der Waals surface area contributed by atoms with Crippen molar-refractivity contribution in [2.75, 3.05) is 13.1 Å². The van der Waals surface area contributed by atoms with Crippen LogP contribution in [-0.4, -0.2) is 25.0 Å². The molecule has 12 heavy (non-hydrogen) atoms. The second kappa shape index (κ2) is 4.45. The highest BCUT2D eigenvalue weighted by molar-refractivity contribution is 5.76. The van der Waals surface area contributed by atoms with Gasteiger partial charge in [0.25, 0.3) is 0 Å². The molecular weight excluding hydrogens is 152 g/mol. The SMILES string of the molecule is CCC(C)CC(=O)NC1CNC1. The number of hydrogen-bond acceptors (Lipinski definition) is 2. The molecule has 1 unspecified atom stereocenters. The van der Waals surface area contributed by atoms with E-state index >= 15 is 0 Å². The summed E-state index contributed by atoms with van der Waals surface area (Å²) in [6.07, 6.45) is 1.75. The van der Waals surface area contributed by atoms with Crippen molar-refractivity contribution in [2.24, 2.45) is 5.92 Å². The third-order valence-electron chi connectivity index (χ3n) is 2.38. The Morgan fingerprint density at radius 3 is 2.75 bits per heavy atom. The smallest absolute Gasteiger partial charge is 0.220 e. The number of rotatable bonds is 4. The second-order valence-electron chi connectivity index (χ2n) is 3.64. The molecule has 1 aliphatic heterocycles. The summed E-state index contributed by atoms with van der Waals surface area (Å²) in [6, 6.07) is 0.390. The Balaban J connectivity index is 2.10. The predicted molar refractivity (Wildman–Crippen MR) is 48.9 cm³/mol. The number of amides is 1. The van der Waals surface area contributed by atoms with E-state index in [4.69, 9.17) is 0 Å². The molecule has 1 atom stereocenters. The van der Waals surface area contributed by atoms with Crippen LogP contribution in [0.15, 0.2) is 0 Å². The van der Waals surface area contributed by atoms with Gasteiger partial charge in [0.2, 0.25) is 5.91 Å².